The molecule has 0 bridgehead atoms. The SMILES string of the molecule is COCc1cccc(CNC(=O)CNC(=O)c2cccc([N+](=O)[O-])c2)c1. The maximum absolute atomic E-state index is 12.0. The Hall–Kier alpha value is -3.26. The summed E-state index contributed by atoms with van der Waals surface area (Å²) in [6.45, 7) is 0.587. The molecule has 2 aromatic carbocycles. The Bertz CT molecular complexity index is 807. The summed E-state index contributed by atoms with van der Waals surface area (Å²) in [6, 6.07) is 12.9. The van der Waals surface area contributed by atoms with Crippen molar-refractivity contribution in [3.8, 4) is 0 Å². The van der Waals surface area contributed by atoms with Gasteiger partial charge in [0.05, 0.1) is 18.1 Å². The molecule has 2 aromatic rings. The van der Waals surface area contributed by atoms with E-state index in [9.17, 15) is 19.7 Å². The van der Waals surface area contributed by atoms with Gasteiger partial charge in [0.25, 0.3) is 11.6 Å². The number of nitro benzene ring substituents is 1. The first kappa shape index (κ1) is 19.1. The van der Waals surface area contributed by atoms with Crippen molar-refractivity contribution in [2.75, 3.05) is 13.7 Å². The second-order valence-electron chi connectivity index (χ2n) is 5.52. The van der Waals surface area contributed by atoms with Crippen LogP contribution in [0.15, 0.2) is 48.5 Å². The lowest BCUT2D eigenvalue weighted by Gasteiger charge is -2.08. The third-order valence-electron chi connectivity index (χ3n) is 3.52. The third kappa shape index (κ3) is 5.67. The highest BCUT2D eigenvalue weighted by molar-refractivity contribution is 5.96. The standard InChI is InChI=1S/C18H19N3O5/c1-26-12-14-5-2-4-13(8-14)10-19-17(22)11-20-18(23)15-6-3-7-16(9-15)21(24)25/h2-9H,10-12H2,1H3,(H,19,22)(H,20,23). The summed E-state index contributed by atoms with van der Waals surface area (Å²) < 4.78 is 5.06. The monoisotopic (exact) mass is 357 g/mol. The lowest BCUT2D eigenvalue weighted by Crippen LogP contribution is -2.36. The highest BCUT2D eigenvalue weighted by atomic mass is 16.6. The molecule has 26 heavy (non-hydrogen) atoms. The lowest BCUT2D eigenvalue weighted by molar-refractivity contribution is -0.384. The van der Waals surface area contributed by atoms with Gasteiger partial charge in [-0.1, -0.05) is 30.3 Å². The van der Waals surface area contributed by atoms with Crippen LogP contribution in [0.4, 0.5) is 5.69 Å². The molecule has 0 aliphatic heterocycles. The Kier molecular flexibility index (Phi) is 6.81. The molecule has 0 unspecified atom stereocenters. The predicted molar refractivity (Wildman–Crippen MR) is 94.4 cm³/mol. The van der Waals surface area contributed by atoms with Crippen molar-refractivity contribution >= 4 is 17.5 Å². The van der Waals surface area contributed by atoms with Crippen LogP contribution in [0.5, 0.6) is 0 Å². The molecule has 8 heteroatoms. The number of hydrogen-bond acceptors (Lipinski definition) is 5. The van der Waals surface area contributed by atoms with Gasteiger partial charge >= 0.3 is 0 Å². The van der Waals surface area contributed by atoms with E-state index in [0.717, 1.165) is 17.2 Å². The van der Waals surface area contributed by atoms with Gasteiger partial charge in [0, 0.05) is 31.4 Å². The second-order valence-corrected chi connectivity index (χ2v) is 5.52. The van der Waals surface area contributed by atoms with Crippen molar-refractivity contribution < 1.29 is 19.2 Å². The number of nitro groups is 1. The van der Waals surface area contributed by atoms with E-state index in [-0.39, 0.29) is 23.7 Å². The zero-order valence-electron chi connectivity index (χ0n) is 14.2. The molecule has 136 valence electrons. The van der Waals surface area contributed by atoms with Gasteiger partial charge in [0.2, 0.25) is 5.91 Å². The number of rotatable bonds is 8. The molecule has 8 nitrogen and oxygen atoms in total. The van der Waals surface area contributed by atoms with E-state index in [1.165, 1.54) is 18.2 Å². The summed E-state index contributed by atoms with van der Waals surface area (Å²) in [5, 5.41) is 15.9. The highest BCUT2D eigenvalue weighted by Crippen LogP contribution is 2.12. The molecule has 2 N–H and O–H groups in total. The molecule has 0 fully saturated rings. The summed E-state index contributed by atoms with van der Waals surface area (Å²) in [4.78, 5) is 34.0. The van der Waals surface area contributed by atoms with E-state index < -0.39 is 10.8 Å². The van der Waals surface area contributed by atoms with Crippen molar-refractivity contribution in [1.29, 1.82) is 0 Å². The van der Waals surface area contributed by atoms with Gasteiger partial charge in [0.1, 0.15) is 0 Å². The summed E-state index contributed by atoms with van der Waals surface area (Å²) in [5.74, 6) is -0.910. The smallest absolute Gasteiger partial charge is 0.270 e. The maximum Gasteiger partial charge on any atom is 0.270 e. The Balaban J connectivity index is 1.83. The number of carbonyl (C=O) groups is 2. The summed E-state index contributed by atoms with van der Waals surface area (Å²) >= 11 is 0. The number of carbonyl (C=O) groups excluding carboxylic acids is 2. The van der Waals surface area contributed by atoms with E-state index >= 15 is 0 Å². The van der Waals surface area contributed by atoms with E-state index in [4.69, 9.17) is 4.74 Å². The van der Waals surface area contributed by atoms with Crippen LogP contribution in [0.25, 0.3) is 0 Å². The number of ether oxygens (including phenoxy) is 1. The molecule has 0 aliphatic rings. The number of methoxy groups -OCH3 is 1. The molecule has 0 atom stereocenters. The molecule has 2 rings (SSSR count). The second kappa shape index (κ2) is 9.28. The number of benzene rings is 2. The average molecular weight is 357 g/mol. The van der Waals surface area contributed by atoms with Crippen LogP contribution in [-0.4, -0.2) is 30.4 Å². The van der Waals surface area contributed by atoms with E-state index in [0.29, 0.717) is 13.2 Å². The molecule has 0 aliphatic carbocycles. The van der Waals surface area contributed by atoms with Crippen LogP contribution in [0.2, 0.25) is 0 Å². The molecule has 2 amide bonds. The molecular weight excluding hydrogens is 338 g/mol. The number of nitrogens with zero attached hydrogens (tertiary/aromatic N) is 1. The predicted octanol–water partition coefficient (Wildman–Crippen LogP) is 1.79. The Morgan fingerprint density at radius 2 is 1.81 bits per heavy atom. The Labute approximate surface area is 150 Å². The van der Waals surface area contributed by atoms with Crippen molar-refractivity contribution in [2.45, 2.75) is 13.2 Å². The molecule has 0 spiro atoms. The zero-order chi connectivity index (χ0) is 18.9. The molecule has 0 saturated carbocycles. The van der Waals surface area contributed by atoms with Gasteiger partial charge in [-0.2, -0.15) is 0 Å². The Morgan fingerprint density at radius 3 is 2.54 bits per heavy atom. The minimum Gasteiger partial charge on any atom is -0.380 e. The van der Waals surface area contributed by atoms with Gasteiger partial charge in [-0.15, -0.1) is 0 Å². The largest absolute Gasteiger partial charge is 0.380 e. The van der Waals surface area contributed by atoms with Crippen LogP contribution in [0, 0.1) is 10.1 Å². The van der Waals surface area contributed by atoms with Crippen molar-refractivity contribution in [3.63, 3.8) is 0 Å². The van der Waals surface area contributed by atoms with Crippen LogP contribution >= 0.6 is 0 Å². The molecule has 0 heterocycles. The molecular formula is C18H19N3O5. The van der Waals surface area contributed by atoms with Gasteiger partial charge < -0.3 is 15.4 Å². The van der Waals surface area contributed by atoms with Crippen molar-refractivity contribution in [1.82, 2.24) is 10.6 Å². The number of hydrogen-bond donors (Lipinski definition) is 2. The van der Waals surface area contributed by atoms with Crippen LogP contribution < -0.4 is 10.6 Å². The first-order valence-electron chi connectivity index (χ1n) is 7.85. The highest BCUT2D eigenvalue weighted by Gasteiger charge is 2.12. The fraction of sp³-hybridized carbons (Fsp3) is 0.222. The number of non-ortho nitro benzene ring substituents is 1. The quantitative estimate of drug-likeness (QED) is 0.553. The topological polar surface area (TPSA) is 111 Å². The fourth-order valence-corrected chi connectivity index (χ4v) is 2.28. The van der Waals surface area contributed by atoms with Crippen molar-refractivity contribution in [3.05, 3.63) is 75.3 Å². The minimum atomic E-state index is -0.582. The van der Waals surface area contributed by atoms with Gasteiger partial charge in [0.15, 0.2) is 0 Å². The van der Waals surface area contributed by atoms with Crippen LogP contribution in [0.1, 0.15) is 21.5 Å². The van der Waals surface area contributed by atoms with Crippen LogP contribution in [-0.2, 0) is 22.7 Å². The average Bonchev–Trinajstić information content (AvgIpc) is 2.65. The lowest BCUT2D eigenvalue weighted by atomic mass is 10.1. The zero-order valence-corrected chi connectivity index (χ0v) is 14.2. The first-order valence-corrected chi connectivity index (χ1v) is 7.85. The number of nitrogens with one attached hydrogen (secondary N) is 2. The summed E-state index contributed by atoms with van der Waals surface area (Å²) in [7, 11) is 1.61. The number of amides is 2. The summed E-state index contributed by atoms with van der Waals surface area (Å²) in [6.07, 6.45) is 0. The third-order valence-corrected chi connectivity index (χ3v) is 3.52. The van der Waals surface area contributed by atoms with Gasteiger partial charge in [-0.3, -0.25) is 19.7 Å². The molecule has 0 aromatic heterocycles. The van der Waals surface area contributed by atoms with Gasteiger partial charge in [-0.25, -0.2) is 0 Å². The maximum atomic E-state index is 12.0. The Morgan fingerprint density at radius 1 is 1.08 bits per heavy atom. The fourth-order valence-electron chi connectivity index (χ4n) is 2.28. The summed E-state index contributed by atoms with van der Waals surface area (Å²) in [5.41, 5.74) is 1.86. The van der Waals surface area contributed by atoms with Gasteiger partial charge in [-0.05, 0) is 17.2 Å². The first-order chi connectivity index (χ1) is 12.5. The van der Waals surface area contributed by atoms with Crippen LogP contribution in [0.3, 0.4) is 0 Å². The normalized spacial score (nSPS) is 10.2. The van der Waals surface area contributed by atoms with E-state index in [2.05, 4.69) is 10.6 Å². The minimum absolute atomic E-state index is 0.124. The van der Waals surface area contributed by atoms with E-state index in [1.54, 1.807) is 7.11 Å². The molecule has 0 saturated heterocycles. The van der Waals surface area contributed by atoms with Crippen molar-refractivity contribution in [2.24, 2.45) is 0 Å². The van der Waals surface area contributed by atoms with E-state index in [1.807, 2.05) is 24.3 Å². The molecule has 0 radical (unpaired) electrons.